The van der Waals surface area contributed by atoms with Crippen LogP contribution in [0.3, 0.4) is 0 Å². The van der Waals surface area contributed by atoms with E-state index >= 15 is 0 Å². The molecule has 1 aliphatic rings. The molecule has 0 atom stereocenters. The summed E-state index contributed by atoms with van der Waals surface area (Å²) < 4.78 is 0. The molecule has 114 valence electrons. The standard InChI is InChI=1S/C14H25N3O2S/c1-16-11(18)7-10-17(2)13(19)14(12(15)20)8-5-3-4-6-9-14/h3-10H2,1-2H3,(H2,15,20)(H,16,18). The normalized spacial score (nSPS) is 17.9. The van der Waals surface area contributed by atoms with E-state index in [0.29, 0.717) is 18.0 Å². The van der Waals surface area contributed by atoms with Crippen molar-refractivity contribution in [2.75, 3.05) is 20.6 Å². The monoisotopic (exact) mass is 299 g/mol. The fraction of sp³-hybridized carbons (Fsp3) is 0.786. The lowest BCUT2D eigenvalue weighted by atomic mass is 9.79. The summed E-state index contributed by atoms with van der Waals surface area (Å²) in [5.41, 5.74) is 5.19. The highest BCUT2D eigenvalue weighted by molar-refractivity contribution is 7.80. The highest BCUT2D eigenvalue weighted by atomic mass is 32.1. The van der Waals surface area contributed by atoms with Gasteiger partial charge in [0.25, 0.3) is 0 Å². The van der Waals surface area contributed by atoms with E-state index in [-0.39, 0.29) is 11.8 Å². The first-order valence-corrected chi connectivity index (χ1v) is 7.61. The molecule has 1 rings (SSSR count). The average Bonchev–Trinajstić information content (AvgIpc) is 2.70. The Labute approximate surface area is 126 Å². The van der Waals surface area contributed by atoms with Crippen LogP contribution in [-0.4, -0.2) is 42.3 Å². The Morgan fingerprint density at radius 3 is 2.25 bits per heavy atom. The molecule has 0 bridgehead atoms. The Hall–Kier alpha value is -1.17. The Bertz CT molecular complexity index is 377. The van der Waals surface area contributed by atoms with Crippen LogP contribution in [0.5, 0.6) is 0 Å². The molecule has 2 amide bonds. The smallest absolute Gasteiger partial charge is 0.235 e. The van der Waals surface area contributed by atoms with E-state index in [4.69, 9.17) is 18.0 Å². The quantitative estimate of drug-likeness (QED) is 0.591. The molecule has 3 N–H and O–H groups in total. The SMILES string of the molecule is CNC(=O)CCN(C)C(=O)C1(C(N)=S)CCCCCC1. The van der Waals surface area contributed by atoms with Gasteiger partial charge in [-0.25, -0.2) is 0 Å². The number of nitrogens with one attached hydrogen (secondary N) is 1. The predicted octanol–water partition coefficient (Wildman–Crippen LogP) is 1.21. The summed E-state index contributed by atoms with van der Waals surface area (Å²) >= 11 is 5.19. The molecule has 1 saturated carbocycles. The fourth-order valence-corrected chi connectivity index (χ4v) is 3.05. The van der Waals surface area contributed by atoms with Gasteiger partial charge in [0.1, 0.15) is 0 Å². The molecule has 0 spiro atoms. The zero-order valence-corrected chi connectivity index (χ0v) is 13.2. The lowest BCUT2D eigenvalue weighted by Gasteiger charge is -2.34. The van der Waals surface area contributed by atoms with Gasteiger partial charge >= 0.3 is 0 Å². The summed E-state index contributed by atoms with van der Waals surface area (Å²) in [6.45, 7) is 0.392. The van der Waals surface area contributed by atoms with Crippen molar-refractivity contribution in [1.29, 1.82) is 0 Å². The summed E-state index contributed by atoms with van der Waals surface area (Å²) in [5, 5.41) is 2.55. The van der Waals surface area contributed by atoms with Crippen molar-refractivity contribution in [1.82, 2.24) is 10.2 Å². The molecule has 0 aromatic heterocycles. The van der Waals surface area contributed by atoms with Gasteiger partial charge in [-0.3, -0.25) is 9.59 Å². The van der Waals surface area contributed by atoms with Crippen LogP contribution in [0.4, 0.5) is 0 Å². The maximum absolute atomic E-state index is 12.7. The topological polar surface area (TPSA) is 75.4 Å². The van der Waals surface area contributed by atoms with E-state index < -0.39 is 5.41 Å². The van der Waals surface area contributed by atoms with Crippen LogP contribution in [0.2, 0.25) is 0 Å². The van der Waals surface area contributed by atoms with Crippen LogP contribution >= 0.6 is 12.2 Å². The van der Waals surface area contributed by atoms with E-state index in [2.05, 4.69) is 5.32 Å². The number of carbonyl (C=O) groups is 2. The molecule has 0 saturated heterocycles. The molecule has 1 aliphatic carbocycles. The summed E-state index contributed by atoms with van der Waals surface area (Å²) in [5.74, 6) is -0.106. The van der Waals surface area contributed by atoms with Gasteiger partial charge in [-0.05, 0) is 12.8 Å². The van der Waals surface area contributed by atoms with Crippen LogP contribution in [-0.2, 0) is 9.59 Å². The lowest BCUT2D eigenvalue weighted by molar-refractivity contribution is -0.138. The van der Waals surface area contributed by atoms with Gasteiger partial charge in [0.2, 0.25) is 11.8 Å². The van der Waals surface area contributed by atoms with Crippen molar-refractivity contribution >= 4 is 29.0 Å². The second-order valence-electron chi connectivity index (χ2n) is 5.51. The summed E-state index contributed by atoms with van der Waals surface area (Å²) in [6, 6.07) is 0. The third-order valence-corrected chi connectivity index (χ3v) is 4.53. The molecule has 0 aliphatic heterocycles. The number of carbonyl (C=O) groups excluding carboxylic acids is 2. The van der Waals surface area contributed by atoms with Crippen molar-refractivity contribution in [3.8, 4) is 0 Å². The minimum absolute atomic E-state index is 0.0317. The molecule has 6 heteroatoms. The van der Waals surface area contributed by atoms with E-state index in [1.165, 1.54) is 0 Å². The van der Waals surface area contributed by atoms with Crippen LogP contribution in [0, 0.1) is 5.41 Å². The number of amides is 2. The zero-order valence-electron chi connectivity index (χ0n) is 12.4. The minimum atomic E-state index is -0.705. The van der Waals surface area contributed by atoms with Gasteiger partial charge < -0.3 is 16.0 Å². The van der Waals surface area contributed by atoms with Gasteiger partial charge in [0.15, 0.2) is 0 Å². The summed E-state index contributed by atoms with van der Waals surface area (Å²) in [7, 11) is 3.31. The molecule has 0 radical (unpaired) electrons. The maximum Gasteiger partial charge on any atom is 0.235 e. The Morgan fingerprint density at radius 1 is 1.25 bits per heavy atom. The molecule has 1 fully saturated rings. The Balaban J connectivity index is 2.77. The van der Waals surface area contributed by atoms with Crippen LogP contribution < -0.4 is 11.1 Å². The second kappa shape index (κ2) is 7.57. The molecule has 0 aromatic carbocycles. The highest BCUT2D eigenvalue weighted by Crippen LogP contribution is 2.37. The van der Waals surface area contributed by atoms with Crippen molar-refractivity contribution in [3.05, 3.63) is 0 Å². The number of nitrogens with zero attached hydrogens (tertiary/aromatic N) is 1. The molecular weight excluding hydrogens is 274 g/mol. The van der Waals surface area contributed by atoms with Crippen molar-refractivity contribution < 1.29 is 9.59 Å². The molecule has 0 heterocycles. The predicted molar refractivity (Wildman–Crippen MR) is 83.2 cm³/mol. The second-order valence-corrected chi connectivity index (χ2v) is 5.95. The Kier molecular flexibility index (Phi) is 6.39. The third-order valence-electron chi connectivity index (χ3n) is 4.14. The maximum atomic E-state index is 12.7. The van der Waals surface area contributed by atoms with Crippen molar-refractivity contribution in [2.45, 2.75) is 44.9 Å². The van der Waals surface area contributed by atoms with E-state index in [1.54, 1.807) is 19.0 Å². The Morgan fingerprint density at radius 2 is 1.80 bits per heavy atom. The molecule has 0 unspecified atom stereocenters. The number of thiocarbonyl (C=S) groups is 1. The lowest BCUT2D eigenvalue weighted by Crippen LogP contribution is -2.49. The first-order chi connectivity index (χ1) is 9.44. The number of nitrogens with two attached hydrogens (primary N) is 1. The van der Waals surface area contributed by atoms with Gasteiger partial charge in [0.05, 0.1) is 10.4 Å². The highest BCUT2D eigenvalue weighted by Gasteiger charge is 2.43. The third kappa shape index (κ3) is 3.91. The zero-order chi connectivity index (χ0) is 15.2. The average molecular weight is 299 g/mol. The fourth-order valence-electron chi connectivity index (χ4n) is 2.76. The van der Waals surface area contributed by atoms with Gasteiger partial charge in [-0.2, -0.15) is 0 Å². The molecular formula is C14H25N3O2S. The largest absolute Gasteiger partial charge is 0.392 e. The van der Waals surface area contributed by atoms with Gasteiger partial charge in [0, 0.05) is 27.1 Å². The number of hydrogen-bond donors (Lipinski definition) is 2. The van der Waals surface area contributed by atoms with E-state index in [1.807, 2.05) is 0 Å². The summed E-state index contributed by atoms with van der Waals surface area (Å²) in [4.78, 5) is 25.9. The summed E-state index contributed by atoms with van der Waals surface area (Å²) in [6.07, 6.45) is 5.96. The van der Waals surface area contributed by atoms with E-state index in [9.17, 15) is 9.59 Å². The van der Waals surface area contributed by atoms with Crippen molar-refractivity contribution in [3.63, 3.8) is 0 Å². The van der Waals surface area contributed by atoms with Crippen molar-refractivity contribution in [2.24, 2.45) is 11.1 Å². The van der Waals surface area contributed by atoms with Crippen LogP contribution in [0.15, 0.2) is 0 Å². The molecule has 0 aromatic rings. The molecule has 20 heavy (non-hydrogen) atoms. The van der Waals surface area contributed by atoms with Crippen LogP contribution in [0.25, 0.3) is 0 Å². The van der Waals surface area contributed by atoms with Gasteiger partial charge in [-0.15, -0.1) is 0 Å². The van der Waals surface area contributed by atoms with E-state index in [0.717, 1.165) is 38.5 Å². The first-order valence-electron chi connectivity index (χ1n) is 7.20. The first kappa shape index (κ1) is 16.9. The minimum Gasteiger partial charge on any atom is -0.392 e. The van der Waals surface area contributed by atoms with Gasteiger partial charge in [-0.1, -0.05) is 37.9 Å². The molecule has 5 nitrogen and oxygen atoms in total. The van der Waals surface area contributed by atoms with Crippen LogP contribution in [0.1, 0.15) is 44.9 Å². The number of rotatable bonds is 5. The number of hydrogen-bond acceptors (Lipinski definition) is 3.